The lowest BCUT2D eigenvalue weighted by atomic mass is 10.1. The van der Waals surface area contributed by atoms with Crippen LogP contribution in [0.4, 0.5) is 18.9 Å². The lowest BCUT2D eigenvalue weighted by Crippen LogP contribution is -2.46. The van der Waals surface area contributed by atoms with Crippen LogP contribution in [-0.4, -0.2) is 41.3 Å². The molecule has 0 aromatic heterocycles. The highest BCUT2D eigenvalue weighted by molar-refractivity contribution is 8.01. The molecule has 3 aromatic carbocycles. The van der Waals surface area contributed by atoms with Gasteiger partial charge >= 0.3 is 6.18 Å². The standard InChI is InChI=1S/C26H26F3N3OS2/c1-17-3-4-18(2)23(15-17)34-22-10-9-21(30)16-24(22)35-32-13-11-31(12-14-32)25(33)19-5-7-20(8-6-19)26(27,28)29/h3-10,15-16H,11-14,30H2,1-2H3. The van der Waals surface area contributed by atoms with Gasteiger partial charge in [0.2, 0.25) is 0 Å². The predicted octanol–water partition coefficient (Wildman–Crippen LogP) is 6.52. The highest BCUT2D eigenvalue weighted by Crippen LogP contribution is 2.39. The number of benzene rings is 3. The molecule has 4 nitrogen and oxygen atoms in total. The summed E-state index contributed by atoms with van der Waals surface area (Å²) < 4.78 is 40.6. The maximum absolute atomic E-state index is 12.8. The first-order chi connectivity index (χ1) is 16.6. The molecule has 1 amide bonds. The van der Waals surface area contributed by atoms with E-state index in [0.717, 1.165) is 21.9 Å². The molecule has 1 aliphatic rings. The molecule has 2 N–H and O–H groups in total. The summed E-state index contributed by atoms with van der Waals surface area (Å²) in [4.78, 5) is 17.8. The monoisotopic (exact) mass is 517 g/mol. The number of nitrogen functional groups attached to an aromatic ring is 1. The van der Waals surface area contributed by atoms with Gasteiger partial charge in [-0.1, -0.05) is 23.9 Å². The number of halogens is 3. The summed E-state index contributed by atoms with van der Waals surface area (Å²) in [6.07, 6.45) is -4.42. The highest BCUT2D eigenvalue weighted by atomic mass is 32.2. The molecule has 35 heavy (non-hydrogen) atoms. The van der Waals surface area contributed by atoms with E-state index in [1.165, 1.54) is 28.2 Å². The van der Waals surface area contributed by atoms with Crippen molar-refractivity contribution >= 4 is 35.3 Å². The van der Waals surface area contributed by atoms with E-state index in [9.17, 15) is 18.0 Å². The number of amides is 1. The molecular formula is C26H26F3N3OS2. The first-order valence-corrected chi connectivity index (χ1v) is 12.7. The van der Waals surface area contributed by atoms with Crippen molar-refractivity contribution in [3.05, 3.63) is 82.9 Å². The van der Waals surface area contributed by atoms with Crippen molar-refractivity contribution in [2.24, 2.45) is 0 Å². The Balaban J connectivity index is 1.40. The van der Waals surface area contributed by atoms with Gasteiger partial charge in [0.1, 0.15) is 0 Å². The summed E-state index contributed by atoms with van der Waals surface area (Å²) in [6, 6.07) is 16.7. The number of carbonyl (C=O) groups is 1. The third-order valence-electron chi connectivity index (χ3n) is 5.74. The first-order valence-electron chi connectivity index (χ1n) is 11.1. The van der Waals surface area contributed by atoms with Gasteiger partial charge in [-0.15, -0.1) is 0 Å². The van der Waals surface area contributed by atoms with Crippen LogP contribution >= 0.6 is 23.7 Å². The fraction of sp³-hybridized carbons (Fsp3) is 0.269. The number of nitrogens with zero attached hydrogens (tertiary/aromatic N) is 2. The molecule has 4 rings (SSSR count). The lowest BCUT2D eigenvalue weighted by molar-refractivity contribution is -0.137. The fourth-order valence-corrected chi connectivity index (χ4v) is 5.94. The minimum atomic E-state index is -4.42. The molecule has 1 fully saturated rings. The van der Waals surface area contributed by atoms with E-state index in [1.807, 2.05) is 18.2 Å². The van der Waals surface area contributed by atoms with Gasteiger partial charge in [-0.05, 0) is 85.5 Å². The van der Waals surface area contributed by atoms with Crippen LogP contribution in [0, 0.1) is 13.8 Å². The molecule has 0 aliphatic carbocycles. The minimum Gasteiger partial charge on any atom is -0.399 e. The first kappa shape index (κ1) is 25.5. The predicted molar refractivity (Wildman–Crippen MR) is 136 cm³/mol. The van der Waals surface area contributed by atoms with Gasteiger partial charge in [0.15, 0.2) is 0 Å². The fourth-order valence-electron chi connectivity index (χ4n) is 3.72. The largest absolute Gasteiger partial charge is 0.416 e. The third kappa shape index (κ3) is 6.34. The SMILES string of the molecule is Cc1ccc(C)c(Sc2ccc(N)cc2SN2CCN(C(=O)c3ccc(C(F)(F)F)cc3)CC2)c1. The maximum Gasteiger partial charge on any atom is 0.416 e. The van der Waals surface area contributed by atoms with E-state index in [2.05, 4.69) is 36.4 Å². The Kier molecular flexibility index (Phi) is 7.68. The normalized spacial score (nSPS) is 14.8. The number of rotatable bonds is 5. The van der Waals surface area contributed by atoms with Gasteiger partial charge in [-0.3, -0.25) is 4.79 Å². The molecule has 0 bridgehead atoms. The van der Waals surface area contributed by atoms with Gasteiger partial charge in [0, 0.05) is 52.1 Å². The van der Waals surface area contributed by atoms with E-state index < -0.39 is 11.7 Å². The summed E-state index contributed by atoms with van der Waals surface area (Å²) >= 11 is 3.33. The van der Waals surface area contributed by atoms with Crippen LogP contribution in [0.5, 0.6) is 0 Å². The van der Waals surface area contributed by atoms with Crippen LogP contribution in [0.1, 0.15) is 27.0 Å². The number of piperazine rings is 1. The molecule has 0 spiro atoms. The molecule has 0 atom stereocenters. The molecule has 0 saturated carbocycles. The lowest BCUT2D eigenvalue weighted by Gasteiger charge is -2.34. The molecule has 0 unspecified atom stereocenters. The highest BCUT2D eigenvalue weighted by Gasteiger charge is 2.31. The zero-order chi connectivity index (χ0) is 25.2. The Morgan fingerprint density at radius 3 is 2.20 bits per heavy atom. The van der Waals surface area contributed by atoms with Crippen LogP contribution < -0.4 is 5.73 Å². The quantitative estimate of drug-likeness (QED) is 0.308. The van der Waals surface area contributed by atoms with Crippen molar-refractivity contribution in [2.75, 3.05) is 31.9 Å². The van der Waals surface area contributed by atoms with Gasteiger partial charge in [0.25, 0.3) is 5.91 Å². The number of anilines is 1. The maximum atomic E-state index is 12.8. The van der Waals surface area contributed by atoms with Crippen molar-refractivity contribution in [3.8, 4) is 0 Å². The summed E-state index contributed by atoms with van der Waals surface area (Å²) in [7, 11) is 0. The number of hydrogen-bond acceptors (Lipinski definition) is 5. The zero-order valence-electron chi connectivity index (χ0n) is 19.4. The summed E-state index contributed by atoms with van der Waals surface area (Å²) in [6.45, 7) is 6.44. The average Bonchev–Trinajstić information content (AvgIpc) is 2.82. The van der Waals surface area contributed by atoms with E-state index in [4.69, 9.17) is 5.73 Å². The number of hydrogen-bond donors (Lipinski definition) is 1. The van der Waals surface area contributed by atoms with E-state index in [0.29, 0.717) is 31.9 Å². The Morgan fingerprint density at radius 1 is 0.857 bits per heavy atom. The molecule has 3 aromatic rings. The summed E-state index contributed by atoms with van der Waals surface area (Å²) in [5.74, 6) is -0.251. The van der Waals surface area contributed by atoms with Gasteiger partial charge < -0.3 is 10.6 Å². The van der Waals surface area contributed by atoms with Crippen LogP contribution in [0.2, 0.25) is 0 Å². The van der Waals surface area contributed by atoms with Gasteiger partial charge in [0.05, 0.1) is 5.56 Å². The molecule has 1 aliphatic heterocycles. The smallest absolute Gasteiger partial charge is 0.399 e. The second-order valence-electron chi connectivity index (χ2n) is 8.46. The van der Waals surface area contributed by atoms with Gasteiger partial charge in [-0.25, -0.2) is 4.31 Å². The second-order valence-corrected chi connectivity index (χ2v) is 10.7. The van der Waals surface area contributed by atoms with E-state index in [1.54, 1.807) is 28.6 Å². The second kappa shape index (κ2) is 10.6. The minimum absolute atomic E-state index is 0.251. The Morgan fingerprint density at radius 2 is 1.54 bits per heavy atom. The molecule has 184 valence electrons. The van der Waals surface area contributed by atoms with Crippen molar-refractivity contribution in [3.63, 3.8) is 0 Å². The van der Waals surface area contributed by atoms with Crippen LogP contribution in [0.15, 0.2) is 75.4 Å². The summed E-state index contributed by atoms with van der Waals surface area (Å²) in [5, 5.41) is 0. The van der Waals surface area contributed by atoms with Gasteiger partial charge in [-0.2, -0.15) is 13.2 Å². The van der Waals surface area contributed by atoms with Crippen molar-refractivity contribution in [1.82, 2.24) is 9.21 Å². The zero-order valence-corrected chi connectivity index (χ0v) is 21.1. The molecule has 1 saturated heterocycles. The molecule has 9 heteroatoms. The molecular weight excluding hydrogens is 491 g/mol. The number of carbonyl (C=O) groups excluding carboxylic acids is 1. The number of aryl methyl sites for hydroxylation is 2. The Bertz CT molecular complexity index is 1210. The Hall–Kier alpha value is -2.62. The van der Waals surface area contributed by atoms with E-state index >= 15 is 0 Å². The Labute approximate surface area is 211 Å². The number of alkyl halides is 3. The third-order valence-corrected chi connectivity index (χ3v) is 8.27. The van der Waals surface area contributed by atoms with Crippen LogP contribution in [0.3, 0.4) is 0 Å². The average molecular weight is 518 g/mol. The molecule has 0 radical (unpaired) electrons. The van der Waals surface area contributed by atoms with Crippen molar-refractivity contribution in [2.45, 2.75) is 34.7 Å². The van der Waals surface area contributed by atoms with Crippen molar-refractivity contribution < 1.29 is 18.0 Å². The van der Waals surface area contributed by atoms with Crippen LogP contribution in [0.25, 0.3) is 0 Å². The summed E-state index contributed by atoms with van der Waals surface area (Å²) in [5.41, 5.74) is 8.69. The van der Waals surface area contributed by atoms with E-state index in [-0.39, 0.29) is 11.5 Å². The molecule has 1 heterocycles. The van der Waals surface area contributed by atoms with Crippen molar-refractivity contribution in [1.29, 1.82) is 0 Å². The van der Waals surface area contributed by atoms with Crippen LogP contribution in [-0.2, 0) is 6.18 Å². The topological polar surface area (TPSA) is 49.6 Å². The number of nitrogens with two attached hydrogens (primary N) is 1.